The molecule has 0 spiro atoms. The van der Waals surface area contributed by atoms with Gasteiger partial charge in [0.05, 0.1) is 100 Å². The number of ether oxygens (including phenoxy) is 4. The molecule has 0 aliphatic carbocycles. The van der Waals surface area contributed by atoms with E-state index in [1.807, 2.05) is 61.1 Å². The van der Waals surface area contributed by atoms with E-state index in [0.717, 1.165) is 24.4 Å². The number of nitrogens with zero attached hydrogens (tertiary/aromatic N) is 13. The van der Waals surface area contributed by atoms with Gasteiger partial charge >= 0.3 is 24.2 Å². The topological polar surface area (TPSA) is 552 Å². The first-order valence-electron chi connectivity index (χ1n) is 39.6. The molecule has 5 amide bonds. The maximum absolute atomic E-state index is 13.7. The molecule has 3 fully saturated rings. The molecule has 5 N–H and O–H groups in total. The van der Waals surface area contributed by atoms with Gasteiger partial charge in [0.25, 0.3) is 47.2 Å². The Hall–Kier alpha value is -12.8. The summed E-state index contributed by atoms with van der Waals surface area (Å²) in [6.45, 7) is 8.92. The van der Waals surface area contributed by atoms with Gasteiger partial charge < -0.3 is 92.5 Å². The van der Waals surface area contributed by atoms with Crippen LogP contribution in [0.4, 0.5) is 32.3 Å². The van der Waals surface area contributed by atoms with Crippen molar-refractivity contribution in [3.8, 4) is 0 Å². The minimum absolute atomic E-state index is 0. The van der Waals surface area contributed by atoms with E-state index in [1.54, 1.807) is 56.2 Å². The molecular weight excluding hydrogens is 1960 g/mol. The second-order valence-corrected chi connectivity index (χ2v) is 36.2. The molecule has 12 atom stereocenters. The number of nitro benzene ring substituents is 4. The van der Waals surface area contributed by atoms with Crippen LogP contribution in [0.2, 0.25) is 0 Å². The van der Waals surface area contributed by atoms with Gasteiger partial charge in [0, 0.05) is 89.2 Å². The summed E-state index contributed by atoms with van der Waals surface area (Å²) < 4.78 is 29.8. The molecule has 6 aliphatic rings. The average molecular weight is 2040 g/mol. The molecule has 4 aromatic carbocycles. The molecule has 0 radical (unpaired) electrons. The summed E-state index contributed by atoms with van der Waals surface area (Å²) in [6.07, 6.45) is 10.9. The fourth-order valence-corrected chi connectivity index (χ4v) is 22.9. The number of esters is 2. The standard InChI is InChI=1S/2C33H30N6O12S2.C16H17N3O4S2.HI/c2*1-17-25(28(37-27(17)26(18(2)40)29(37)42)32(43)49-14-19-4-8-21(9-5-19)38(45)46)23-12-35-16-36(30(52-3)31(35)53-23)13-24(41)34-51-33(44)50-15-20-6-10-22(11-7-20)39(47)48;1-6-9(8-4-18-5-17-13(24-3)15(18)25-8)12(16(22)23)19-11(6)10(7(2)20)14(19)21;/h2*4-12,16-18,26-27,40H,13-15H2,1-3H3;4-7,10-11,20H,1-3H3,(H,22,23);1H/t2*17-,18+,26+,27+;6-,7+,10+,11+;/m000./s1. The molecule has 0 saturated carbocycles. The van der Waals surface area contributed by atoms with Crippen LogP contribution in [-0.2, 0) is 106 Å². The van der Waals surface area contributed by atoms with E-state index in [2.05, 4.69) is 4.98 Å². The first kappa shape index (κ1) is 96.7. The van der Waals surface area contributed by atoms with Gasteiger partial charge in [0.1, 0.15) is 66.4 Å². The number of hydrogen-bond donors (Lipinski definition) is 5. The van der Waals surface area contributed by atoms with Crippen LogP contribution in [0, 0.1) is 76.0 Å². The molecule has 10 aromatic rings. The lowest BCUT2D eigenvalue weighted by Crippen LogP contribution is -3.00. The van der Waals surface area contributed by atoms with Crippen LogP contribution < -0.4 is 48.8 Å². The number of hydrogen-bond acceptors (Lipinski definition) is 35. The Morgan fingerprint density at radius 1 is 0.485 bits per heavy atom. The predicted molar refractivity (Wildman–Crippen MR) is 461 cm³/mol. The van der Waals surface area contributed by atoms with Crippen molar-refractivity contribution in [3.63, 3.8) is 0 Å². The number of aromatic nitrogens is 6. The highest BCUT2D eigenvalue weighted by atomic mass is 127. The van der Waals surface area contributed by atoms with Crippen molar-refractivity contribution in [1.29, 1.82) is 0 Å². The van der Waals surface area contributed by atoms with Gasteiger partial charge in [-0.1, -0.05) is 67.0 Å². The molecule has 6 aliphatic heterocycles. The van der Waals surface area contributed by atoms with Crippen molar-refractivity contribution in [1.82, 2.24) is 44.2 Å². The third-order valence-corrected chi connectivity index (χ3v) is 28.8. The monoisotopic (exact) mass is 2040 g/mol. The third-order valence-electron chi connectivity index (χ3n) is 22.6. The lowest BCUT2D eigenvalue weighted by atomic mass is 9.77. The van der Waals surface area contributed by atoms with E-state index in [-0.39, 0.29) is 133 Å². The fourth-order valence-electron chi connectivity index (χ4n) is 16.6. The van der Waals surface area contributed by atoms with Gasteiger partial charge in [-0.2, -0.15) is 19.8 Å². The molecule has 43 nitrogen and oxygen atoms in total. The number of aliphatic hydroxyl groups is 3. The van der Waals surface area contributed by atoms with E-state index in [0.29, 0.717) is 58.8 Å². The Bertz CT molecular complexity index is 6120. The number of aliphatic hydroxyl groups excluding tert-OH is 3. The zero-order valence-corrected chi connectivity index (χ0v) is 77.6. The molecule has 0 unspecified atom stereocenters. The number of carbonyl (C=O) groups excluding carboxylic acids is 10. The summed E-state index contributed by atoms with van der Waals surface area (Å²) in [6, 6.07) is 20.5. The lowest BCUT2D eigenvalue weighted by molar-refractivity contribution is -0.508. The molecule has 0 bridgehead atoms. The van der Waals surface area contributed by atoms with Crippen molar-refractivity contribution in [2.75, 3.05) is 18.8 Å². The first-order chi connectivity index (χ1) is 62.4. The lowest BCUT2D eigenvalue weighted by Gasteiger charge is -2.47. The Labute approximate surface area is 787 Å². The van der Waals surface area contributed by atoms with Crippen molar-refractivity contribution in [2.45, 2.75) is 133 Å². The number of fused-ring (bicyclic) bond motifs is 6. The van der Waals surface area contributed by atoms with E-state index >= 15 is 0 Å². The second-order valence-electron chi connectivity index (χ2n) is 30.7. The van der Waals surface area contributed by atoms with Gasteiger partial charge in [0.2, 0.25) is 37.4 Å². The van der Waals surface area contributed by atoms with Crippen molar-refractivity contribution < 1.29 is 149 Å². The van der Waals surface area contributed by atoms with Crippen LogP contribution in [0.1, 0.15) is 78.4 Å². The number of halogens is 1. The van der Waals surface area contributed by atoms with Crippen molar-refractivity contribution in [3.05, 3.63) is 229 Å². The molecular formula is C82H78IN15O28S6. The minimum atomic E-state index is -1.36. The number of aliphatic carboxylic acids is 1. The fraction of sp³-hybridized carbons (Fsp3) is 0.329. The quantitative estimate of drug-likeness (QED) is 0.00659. The number of β-lactam (4-membered cyclic amide) rings is 3. The van der Waals surface area contributed by atoms with Crippen LogP contribution in [0.5, 0.6) is 0 Å². The van der Waals surface area contributed by atoms with Gasteiger partial charge in [-0.3, -0.25) is 68.8 Å². The highest BCUT2D eigenvalue weighted by molar-refractivity contribution is 7.99. The summed E-state index contributed by atoms with van der Waals surface area (Å²) in [4.78, 5) is 191. The van der Waals surface area contributed by atoms with E-state index in [1.165, 1.54) is 195 Å². The normalized spacial score (nSPS) is 19.8. The zero-order valence-electron chi connectivity index (χ0n) is 70.6. The molecule has 132 heavy (non-hydrogen) atoms. The smallest absolute Gasteiger partial charge is 0.533 e. The third kappa shape index (κ3) is 19.0. The number of nitrogens with one attached hydrogen (secondary N) is 2. The number of amides is 5. The Morgan fingerprint density at radius 2 is 0.803 bits per heavy atom. The second kappa shape index (κ2) is 40.1. The van der Waals surface area contributed by atoms with Gasteiger partial charge in [-0.05, 0) is 110 Å². The molecule has 16 rings (SSSR count). The summed E-state index contributed by atoms with van der Waals surface area (Å²) in [5, 5.41) is 88.3. The largest absolute Gasteiger partial charge is 1.00 e. The number of non-ortho nitro benzene ring substituents is 4. The number of rotatable bonds is 28. The summed E-state index contributed by atoms with van der Waals surface area (Å²) >= 11 is 8.31. The highest BCUT2D eigenvalue weighted by Crippen LogP contribution is 2.55. The van der Waals surface area contributed by atoms with Crippen molar-refractivity contribution in [2.24, 2.45) is 35.5 Å². The number of benzene rings is 4. The van der Waals surface area contributed by atoms with Crippen LogP contribution in [-0.4, -0.2) is 183 Å². The number of carboxylic acid groups (broad SMARTS) is 1. The number of thioether (sulfide) groups is 3. The number of thiazole rings is 3. The maximum Gasteiger partial charge on any atom is 0.533 e. The van der Waals surface area contributed by atoms with E-state index in [4.69, 9.17) is 28.6 Å². The van der Waals surface area contributed by atoms with Crippen LogP contribution in [0.15, 0.2) is 167 Å². The maximum atomic E-state index is 13.7. The van der Waals surface area contributed by atoms with Gasteiger partial charge in [-0.25, -0.2) is 33.3 Å². The summed E-state index contributed by atoms with van der Waals surface area (Å²) in [7, 11) is 0. The molecule has 3 saturated heterocycles. The SMILES string of the molecule is CSc1c2sc(C3=C(C(=O)OCc4ccc([N+](=O)[O-])cc4)N4C(=O)[C@H]([C@@H](C)O)[C@H]4[C@H]3C)c[n+]2cn1CC(=O)NOC(=O)OCc1ccc([N+](=O)[O-])cc1.CSc1c2sc(C3=C(C(=O)OCc4ccc([N+](=O)[O-])cc4)N4C(=O)[C@H]([C@@H](C)O)[C@H]4[C@H]3C)c[n+]2cn1CC(=O)NOC(=O)OCc1ccc([N+](=O)[O-])cc1.CSc1ncn2cc(C3=C(C(=O)[O-])N4C(=O)[C@H]([C@@H](C)O)[C@H]4[C@H]3C)sc12.[I-]. The van der Waals surface area contributed by atoms with Crippen LogP contribution in [0.25, 0.3) is 31.2 Å². The Kier molecular flexibility index (Phi) is 29.4. The predicted octanol–water partition coefficient (Wildman–Crippen LogP) is 4.49. The molecule has 6 aromatic heterocycles. The molecule has 50 heteroatoms. The van der Waals surface area contributed by atoms with E-state index in [9.17, 15) is 109 Å². The highest BCUT2D eigenvalue weighted by Gasteiger charge is 2.63. The van der Waals surface area contributed by atoms with Crippen LogP contribution >= 0.6 is 69.3 Å². The van der Waals surface area contributed by atoms with Gasteiger partial charge in [-0.15, -0.1) is 23.1 Å². The van der Waals surface area contributed by atoms with Crippen LogP contribution in [0.3, 0.4) is 0 Å². The number of imidazole rings is 3. The number of carboxylic acids is 1. The number of carbonyl (C=O) groups is 10. The Balaban J connectivity index is 0.000000178. The summed E-state index contributed by atoms with van der Waals surface area (Å²) in [5.41, 5.74) is 7.37. The number of nitro groups is 4. The van der Waals surface area contributed by atoms with Gasteiger partial charge in [0.15, 0.2) is 13.1 Å². The number of hydroxylamine groups is 2. The minimum Gasteiger partial charge on any atom is -1.00 e. The summed E-state index contributed by atoms with van der Waals surface area (Å²) in [5.74, 6) is -8.28. The average Bonchev–Trinajstić information content (AvgIpc) is 1.55. The Morgan fingerprint density at radius 3 is 1.11 bits per heavy atom. The van der Waals surface area contributed by atoms with Crippen molar-refractivity contribution >= 4 is 183 Å². The first-order valence-corrected chi connectivity index (χ1v) is 45.7. The zero-order chi connectivity index (χ0) is 94.3. The molecule has 692 valence electrons. The molecule has 12 heterocycles. The van der Waals surface area contributed by atoms with E-state index < -0.39 is 122 Å².